The zero-order valence-electron chi connectivity index (χ0n) is 13.1. The van der Waals surface area contributed by atoms with Gasteiger partial charge in [-0.3, -0.25) is 9.36 Å². The predicted octanol–water partition coefficient (Wildman–Crippen LogP) is 2.01. The molecule has 2 aromatic rings. The van der Waals surface area contributed by atoms with E-state index in [-0.39, 0.29) is 11.8 Å². The molecular weight excluding hydrogens is 290 g/mol. The molecule has 6 heteroatoms. The molecule has 2 aliphatic rings. The maximum atomic E-state index is 11.4. The molecular formula is C17H19N5O. The summed E-state index contributed by atoms with van der Waals surface area (Å²) < 4.78 is 2.09. The molecule has 1 amide bonds. The van der Waals surface area contributed by atoms with E-state index in [4.69, 9.17) is 0 Å². The van der Waals surface area contributed by atoms with Gasteiger partial charge in [-0.1, -0.05) is 6.92 Å². The molecule has 0 saturated carbocycles. The number of amides is 1. The Morgan fingerprint density at radius 2 is 2.09 bits per heavy atom. The Kier molecular flexibility index (Phi) is 3.44. The van der Waals surface area contributed by atoms with Crippen molar-refractivity contribution in [3.8, 4) is 5.82 Å². The average Bonchev–Trinajstić information content (AvgIpc) is 2.99. The van der Waals surface area contributed by atoms with E-state index < -0.39 is 0 Å². The normalized spacial score (nSPS) is 20.7. The lowest BCUT2D eigenvalue weighted by molar-refractivity contribution is -0.121. The minimum atomic E-state index is -0.0316. The highest BCUT2D eigenvalue weighted by atomic mass is 16.2. The summed E-state index contributed by atoms with van der Waals surface area (Å²) in [4.78, 5) is 20.5. The lowest BCUT2D eigenvalue weighted by atomic mass is 9.95. The number of hydrazone groups is 1. The highest BCUT2D eigenvalue weighted by molar-refractivity contribution is 6.05. The Balaban J connectivity index is 1.64. The van der Waals surface area contributed by atoms with Gasteiger partial charge in [0.15, 0.2) is 0 Å². The Bertz CT molecular complexity index is 775. The first-order valence-corrected chi connectivity index (χ1v) is 8.10. The number of carbonyl (C=O) groups is 1. The molecule has 0 fully saturated rings. The molecule has 2 aromatic heterocycles. The third-order valence-electron chi connectivity index (χ3n) is 4.58. The number of fused-ring (bicyclic) bond motifs is 1. The second kappa shape index (κ2) is 5.61. The standard InChI is InChI=1S/C17H19N5O/c1-11-8-16(23)20-21-17(11)12-6-7-15(18-9-12)22-10-19-13-4-2-3-5-14(13)22/h6-7,9-11H,2-5,8H2,1H3,(H,20,23). The van der Waals surface area contributed by atoms with Gasteiger partial charge in [0, 0.05) is 29.8 Å². The number of pyridine rings is 1. The van der Waals surface area contributed by atoms with Crippen LogP contribution in [0.5, 0.6) is 0 Å². The van der Waals surface area contributed by atoms with Gasteiger partial charge < -0.3 is 0 Å². The maximum Gasteiger partial charge on any atom is 0.240 e. The van der Waals surface area contributed by atoms with Crippen molar-refractivity contribution in [2.45, 2.75) is 39.0 Å². The number of aryl methyl sites for hydroxylation is 1. The molecule has 6 nitrogen and oxygen atoms in total. The third kappa shape index (κ3) is 2.54. The summed E-state index contributed by atoms with van der Waals surface area (Å²) in [5, 5.41) is 4.18. The van der Waals surface area contributed by atoms with E-state index in [9.17, 15) is 4.79 Å². The lowest BCUT2D eigenvalue weighted by Crippen LogP contribution is -2.32. The number of hydrogen-bond acceptors (Lipinski definition) is 4. The highest BCUT2D eigenvalue weighted by Gasteiger charge is 2.22. The average molecular weight is 309 g/mol. The fraction of sp³-hybridized carbons (Fsp3) is 0.412. The van der Waals surface area contributed by atoms with Gasteiger partial charge >= 0.3 is 0 Å². The topological polar surface area (TPSA) is 72.2 Å². The van der Waals surface area contributed by atoms with Gasteiger partial charge in [-0.05, 0) is 37.8 Å². The first-order chi connectivity index (χ1) is 11.2. The number of imidazole rings is 1. The minimum absolute atomic E-state index is 0.0316. The summed E-state index contributed by atoms with van der Waals surface area (Å²) in [6, 6.07) is 4.02. The number of rotatable bonds is 2. The zero-order valence-corrected chi connectivity index (χ0v) is 13.1. The molecule has 0 saturated heterocycles. The Hall–Kier alpha value is -2.50. The zero-order chi connectivity index (χ0) is 15.8. The van der Waals surface area contributed by atoms with E-state index in [1.165, 1.54) is 24.2 Å². The van der Waals surface area contributed by atoms with Crippen molar-refractivity contribution >= 4 is 11.6 Å². The van der Waals surface area contributed by atoms with Crippen LogP contribution in [0.4, 0.5) is 0 Å². The van der Waals surface area contributed by atoms with E-state index in [0.717, 1.165) is 29.9 Å². The largest absolute Gasteiger partial charge is 0.287 e. The van der Waals surface area contributed by atoms with E-state index >= 15 is 0 Å². The van der Waals surface area contributed by atoms with E-state index in [0.29, 0.717) is 6.42 Å². The Labute approximate surface area is 134 Å². The minimum Gasteiger partial charge on any atom is -0.287 e. The summed E-state index contributed by atoms with van der Waals surface area (Å²) in [5.41, 5.74) is 6.88. The van der Waals surface area contributed by atoms with Crippen molar-refractivity contribution in [3.63, 3.8) is 0 Å². The van der Waals surface area contributed by atoms with Crippen LogP contribution < -0.4 is 5.43 Å². The van der Waals surface area contributed by atoms with Gasteiger partial charge in [0.05, 0.1) is 11.4 Å². The van der Waals surface area contributed by atoms with Crippen molar-refractivity contribution in [1.82, 2.24) is 20.0 Å². The Morgan fingerprint density at radius 1 is 1.22 bits per heavy atom. The molecule has 1 unspecified atom stereocenters. The number of hydrogen-bond donors (Lipinski definition) is 1. The number of nitrogens with zero attached hydrogens (tertiary/aromatic N) is 4. The first-order valence-electron chi connectivity index (χ1n) is 8.10. The van der Waals surface area contributed by atoms with E-state index in [1.54, 1.807) is 0 Å². The molecule has 4 rings (SSSR count). The molecule has 0 spiro atoms. The molecule has 1 atom stereocenters. The van der Waals surface area contributed by atoms with Gasteiger partial charge in [-0.2, -0.15) is 5.10 Å². The van der Waals surface area contributed by atoms with Crippen LogP contribution in [0, 0.1) is 5.92 Å². The molecule has 118 valence electrons. The predicted molar refractivity (Wildman–Crippen MR) is 86.5 cm³/mol. The molecule has 3 heterocycles. The van der Waals surface area contributed by atoms with Crippen LogP contribution in [0.15, 0.2) is 29.8 Å². The van der Waals surface area contributed by atoms with Crippen molar-refractivity contribution in [1.29, 1.82) is 0 Å². The monoisotopic (exact) mass is 309 g/mol. The number of nitrogens with one attached hydrogen (secondary N) is 1. The van der Waals surface area contributed by atoms with E-state index in [1.807, 2.05) is 31.6 Å². The fourth-order valence-electron chi connectivity index (χ4n) is 3.35. The lowest BCUT2D eigenvalue weighted by Gasteiger charge is -2.19. The first kappa shape index (κ1) is 14.1. The van der Waals surface area contributed by atoms with Crippen LogP contribution in [0.1, 0.15) is 43.1 Å². The van der Waals surface area contributed by atoms with Crippen molar-refractivity contribution in [2.24, 2.45) is 11.0 Å². The van der Waals surface area contributed by atoms with Crippen LogP contribution in [0.2, 0.25) is 0 Å². The van der Waals surface area contributed by atoms with Crippen LogP contribution >= 0.6 is 0 Å². The van der Waals surface area contributed by atoms with Crippen LogP contribution in [0.25, 0.3) is 5.82 Å². The second-order valence-corrected chi connectivity index (χ2v) is 6.26. The van der Waals surface area contributed by atoms with Gasteiger partial charge in [-0.15, -0.1) is 0 Å². The molecule has 1 aliphatic heterocycles. The molecule has 1 aliphatic carbocycles. The van der Waals surface area contributed by atoms with Crippen LogP contribution in [-0.2, 0) is 17.6 Å². The highest BCUT2D eigenvalue weighted by Crippen LogP contribution is 2.23. The number of carbonyl (C=O) groups excluding carboxylic acids is 1. The summed E-state index contributed by atoms with van der Waals surface area (Å²) in [6.45, 7) is 2.01. The summed E-state index contributed by atoms with van der Waals surface area (Å²) in [6.07, 6.45) is 8.74. The molecule has 0 bridgehead atoms. The third-order valence-corrected chi connectivity index (χ3v) is 4.58. The summed E-state index contributed by atoms with van der Waals surface area (Å²) in [7, 11) is 0. The van der Waals surface area contributed by atoms with Gasteiger partial charge in [0.1, 0.15) is 12.1 Å². The summed E-state index contributed by atoms with van der Waals surface area (Å²) >= 11 is 0. The van der Waals surface area contributed by atoms with Crippen LogP contribution in [-0.4, -0.2) is 26.2 Å². The van der Waals surface area contributed by atoms with Crippen LogP contribution in [0.3, 0.4) is 0 Å². The SMILES string of the molecule is CC1CC(=O)NN=C1c1ccc(-n2cnc3c2CCCC3)nc1. The fourth-order valence-corrected chi connectivity index (χ4v) is 3.35. The Morgan fingerprint density at radius 3 is 2.87 bits per heavy atom. The second-order valence-electron chi connectivity index (χ2n) is 6.26. The molecule has 0 radical (unpaired) electrons. The van der Waals surface area contributed by atoms with Crippen molar-refractivity contribution < 1.29 is 4.79 Å². The molecule has 0 aromatic carbocycles. The quantitative estimate of drug-likeness (QED) is 0.922. The van der Waals surface area contributed by atoms with Crippen molar-refractivity contribution in [2.75, 3.05) is 0 Å². The van der Waals surface area contributed by atoms with Crippen molar-refractivity contribution in [3.05, 3.63) is 41.6 Å². The summed E-state index contributed by atoms with van der Waals surface area (Å²) in [5.74, 6) is 0.964. The molecule has 1 N–H and O–H groups in total. The molecule has 23 heavy (non-hydrogen) atoms. The van der Waals surface area contributed by atoms with Gasteiger partial charge in [-0.25, -0.2) is 15.4 Å². The maximum absolute atomic E-state index is 11.4. The smallest absolute Gasteiger partial charge is 0.240 e. The number of aromatic nitrogens is 3. The van der Waals surface area contributed by atoms with E-state index in [2.05, 4.69) is 25.1 Å². The van der Waals surface area contributed by atoms with Gasteiger partial charge in [0.2, 0.25) is 5.91 Å². The van der Waals surface area contributed by atoms with Gasteiger partial charge in [0.25, 0.3) is 0 Å².